The molecule has 0 unspecified atom stereocenters. The van der Waals surface area contributed by atoms with Crippen molar-refractivity contribution in [2.24, 2.45) is 5.16 Å². The summed E-state index contributed by atoms with van der Waals surface area (Å²) in [7, 11) is 0. The fraction of sp³-hybridized carbons (Fsp3) is 0.111. The molecule has 3 nitrogen and oxygen atoms in total. The fourth-order valence-corrected chi connectivity index (χ4v) is 0.975. The lowest BCUT2D eigenvalue weighted by atomic mass is 10.1. The summed E-state index contributed by atoms with van der Waals surface area (Å²) in [6.07, 6.45) is 0. The number of hydrogen-bond acceptors (Lipinski definition) is 3. The minimum Gasteiger partial charge on any atom is -0.410 e. The summed E-state index contributed by atoms with van der Waals surface area (Å²) in [5.41, 5.74) is 1.64. The first-order chi connectivity index (χ1) is 5.79. The molecule has 0 saturated heterocycles. The van der Waals surface area contributed by atoms with E-state index in [1.807, 2.05) is 25.1 Å². The molecule has 0 aromatic heterocycles. The molecule has 1 N–H and O–H groups in total. The zero-order valence-corrected chi connectivity index (χ0v) is 6.65. The van der Waals surface area contributed by atoms with Gasteiger partial charge in [-0.3, -0.25) is 0 Å². The Kier molecular flexibility index (Phi) is 2.44. The maximum atomic E-state index is 8.56. The van der Waals surface area contributed by atoms with Gasteiger partial charge < -0.3 is 5.21 Å². The van der Waals surface area contributed by atoms with Crippen LogP contribution in [0.15, 0.2) is 29.4 Å². The van der Waals surface area contributed by atoms with Gasteiger partial charge in [-0.1, -0.05) is 29.4 Å². The summed E-state index contributed by atoms with van der Waals surface area (Å²) in [6.45, 7) is 1.86. The molecule has 60 valence electrons. The van der Waals surface area contributed by atoms with E-state index < -0.39 is 0 Å². The number of hydrogen-bond donors (Lipinski definition) is 1. The first-order valence-electron chi connectivity index (χ1n) is 3.47. The summed E-state index contributed by atoms with van der Waals surface area (Å²) in [5, 5.41) is 19.9. The second-order valence-corrected chi connectivity index (χ2v) is 2.38. The number of oxime groups is 1. The van der Waals surface area contributed by atoms with Crippen molar-refractivity contribution in [3.8, 4) is 6.07 Å². The lowest BCUT2D eigenvalue weighted by Crippen LogP contribution is -1.99. The topological polar surface area (TPSA) is 56.4 Å². The fourth-order valence-electron chi connectivity index (χ4n) is 0.975. The van der Waals surface area contributed by atoms with Crippen molar-refractivity contribution in [1.82, 2.24) is 0 Å². The lowest BCUT2D eigenvalue weighted by molar-refractivity contribution is 0.320. The molecule has 0 spiro atoms. The van der Waals surface area contributed by atoms with E-state index in [9.17, 15) is 0 Å². The number of rotatable bonds is 1. The molecule has 0 bridgehead atoms. The van der Waals surface area contributed by atoms with E-state index in [2.05, 4.69) is 5.16 Å². The second-order valence-electron chi connectivity index (χ2n) is 2.38. The third-order valence-corrected chi connectivity index (χ3v) is 1.61. The van der Waals surface area contributed by atoms with Crippen LogP contribution in [0.3, 0.4) is 0 Å². The smallest absolute Gasteiger partial charge is 0.186 e. The first-order valence-corrected chi connectivity index (χ1v) is 3.47. The molecule has 0 aliphatic rings. The van der Waals surface area contributed by atoms with Gasteiger partial charge in [0.25, 0.3) is 0 Å². The number of nitriles is 1. The zero-order valence-electron chi connectivity index (χ0n) is 6.65. The Morgan fingerprint density at radius 2 is 2.17 bits per heavy atom. The number of aryl methyl sites for hydroxylation is 1. The minimum atomic E-state index is 0.0492. The molecule has 0 atom stereocenters. The van der Waals surface area contributed by atoms with Gasteiger partial charge in [0.15, 0.2) is 5.71 Å². The van der Waals surface area contributed by atoms with Gasteiger partial charge in [-0.05, 0) is 12.5 Å². The van der Waals surface area contributed by atoms with E-state index in [0.29, 0.717) is 5.56 Å². The molecule has 0 aliphatic heterocycles. The van der Waals surface area contributed by atoms with Gasteiger partial charge in [0.2, 0.25) is 0 Å². The van der Waals surface area contributed by atoms with Gasteiger partial charge in [0, 0.05) is 5.56 Å². The van der Waals surface area contributed by atoms with Gasteiger partial charge in [0.05, 0.1) is 0 Å². The third-order valence-electron chi connectivity index (χ3n) is 1.61. The highest BCUT2D eigenvalue weighted by atomic mass is 16.4. The molecule has 1 rings (SSSR count). The average molecular weight is 160 g/mol. The van der Waals surface area contributed by atoms with Gasteiger partial charge in [0.1, 0.15) is 6.07 Å². The van der Waals surface area contributed by atoms with Crippen LogP contribution < -0.4 is 0 Å². The van der Waals surface area contributed by atoms with Crippen molar-refractivity contribution in [3.63, 3.8) is 0 Å². The molecule has 0 aliphatic carbocycles. The predicted molar refractivity (Wildman–Crippen MR) is 45.1 cm³/mol. The molecular weight excluding hydrogens is 152 g/mol. The van der Waals surface area contributed by atoms with Crippen LogP contribution in [-0.2, 0) is 0 Å². The van der Waals surface area contributed by atoms with E-state index in [1.165, 1.54) is 0 Å². The summed E-state index contributed by atoms with van der Waals surface area (Å²) >= 11 is 0. The summed E-state index contributed by atoms with van der Waals surface area (Å²) < 4.78 is 0. The number of benzene rings is 1. The van der Waals surface area contributed by atoms with Crippen LogP contribution in [-0.4, -0.2) is 10.9 Å². The van der Waals surface area contributed by atoms with Crippen LogP contribution in [0.25, 0.3) is 0 Å². The molecule has 0 heterocycles. The minimum absolute atomic E-state index is 0.0492. The van der Waals surface area contributed by atoms with Crippen molar-refractivity contribution in [1.29, 1.82) is 5.26 Å². The largest absolute Gasteiger partial charge is 0.410 e. The second kappa shape index (κ2) is 3.54. The summed E-state index contributed by atoms with van der Waals surface area (Å²) in [5.74, 6) is 0. The van der Waals surface area contributed by atoms with Gasteiger partial charge >= 0.3 is 0 Å². The Labute approximate surface area is 70.6 Å². The summed E-state index contributed by atoms with van der Waals surface area (Å²) in [6, 6.07) is 9.07. The molecule has 0 saturated carbocycles. The molecular formula is C9H8N2O. The van der Waals surface area contributed by atoms with Crippen LogP contribution in [0.2, 0.25) is 0 Å². The van der Waals surface area contributed by atoms with E-state index in [1.54, 1.807) is 12.1 Å². The average Bonchev–Trinajstić information content (AvgIpc) is 2.10. The highest BCUT2D eigenvalue weighted by molar-refractivity contribution is 6.12. The molecule has 0 radical (unpaired) electrons. The summed E-state index contributed by atoms with van der Waals surface area (Å²) in [4.78, 5) is 0. The van der Waals surface area contributed by atoms with E-state index in [4.69, 9.17) is 10.5 Å². The van der Waals surface area contributed by atoms with E-state index >= 15 is 0 Å². The molecule has 1 aromatic carbocycles. The Hall–Kier alpha value is -1.82. The van der Waals surface area contributed by atoms with Crippen molar-refractivity contribution in [3.05, 3.63) is 35.4 Å². The Bertz CT molecular complexity index is 350. The Morgan fingerprint density at radius 1 is 1.50 bits per heavy atom. The molecule has 1 aromatic rings. The van der Waals surface area contributed by atoms with E-state index in [0.717, 1.165) is 5.56 Å². The molecule has 0 fully saturated rings. The Morgan fingerprint density at radius 3 is 2.67 bits per heavy atom. The van der Waals surface area contributed by atoms with Crippen molar-refractivity contribution < 1.29 is 5.21 Å². The van der Waals surface area contributed by atoms with Gasteiger partial charge in [-0.25, -0.2) is 0 Å². The normalized spacial score (nSPS) is 10.8. The highest BCUT2D eigenvalue weighted by Gasteiger charge is 2.04. The van der Waals surface area contributed by atoms with Crippen LogP contribution in [0.5, 0.6) is 0 Å². The van der Waals surface area contributed by atoms with Crippen molar-refractivity contribution >= 4 is 5.71 Å². The van der Waals surface area contributed by atoms with Crippen LogP contribution >= 0.6 is 0 Å². The van der Waals surface area contributed by atoms with Crippen molar-refractivity contribution in [2.45, 2.75) is 6.92 Å². The lowest BCUT2D eigenvalue weighted by Gasteiger charge is -1.99. The monoisotopic (exact) mass is 160 g/mol. The maximum absolute atomic E-state index is 8.56. The third kappa shape index (κ3) is 1.43. The van der Waals surface area contributed by atoms with Crippen LogP contribution in [0.4, 0.5) is 0 Å². The van der Waals surface area contributed by atoms with Gasteiger partial charge in [-0.2, -0.15) is 5.26 Å². The number of nitrogens with zero attached hydrogens (tertiary/aromatic N) is 2. The SMILES string of the molecule is Cc1ccccc1/C(C#N)=N/O. The predicted octanol–water partition coefficient (Wildman–Crippen LogP) is 1.70. The van der Waals surface area contributed by atoms with Gasteiger partial charge in [-0.15, -0.1) is 0 Å². The zero-order chi connectivity index (χ0) is 8.97. The molecule has 12 heavy (non-hydrogen) atoms. The van der Waals surface area contributed by atoms with Crippen LogP contribution in [0.1, 0.15) is 11.1 Å². The maximum Gasteiger partial charge on any atom is 0.186 e. The van der Waals surface area contributed by atoms with Crippen LogP contribution in [0, 0.1) is 18.3 Å². The van der Waals surface area contributed by atoms with Crippen molar-refractivity contribution in [2.75, 3.05) is 0 Å². The standard InChI is InChI=1S/C9H8N2O/c1-7-4-2-3-5-8(7)9(6-10)11-12/h2-5,12H,1H3/b11-9+. The van der Waals surface area contributed by atoms with E-state index in [-0.39, 0.29) is 5.71 Å². The quantitative estimate of drug-likeness (QED) is 0.386. The molecule has 3 heteroatoms. The first kappa shape index (κ1) is 8.28. The molecule has 0 amide bonds. The Balaban J connectivity index is 3.21. The highest BCUT2D eigenvalue weighted by Crippen LogP contribution is 2.07.